The highest BCUT2D eigenvalue weighted by molar-refractivity contribution is 5.95. The highest BCUT2D eigenvalue weighted by Crippen LogP contribution is 2.29. The Balaban J connectivity index is 2.34. The maximum atomic E-state index is 12.0. The number of piperidine rings is 1. The van der Waals surface area contributed by atoms with Crippen molar-refractivity contribution in [1.29, 1.82) is 0 Å². The molecule has 1 unspecified atom stereocenters. The Morgan fingerprint density at radius 1 is 1.47 bits per heavy atom. The van der Waals surface area contributed by atoms with E-state index in [2.05, 4.69) is 6.92 Å². The van der Waals surface area contributed by atoms with Crippen molar-refractivity contribution in [1.82, 2.24) is 0 Å². The Bertz CT molecular complexity index is 428. The lowest BCUT2D eigenvalue weighted by Crippen LogP contribution is -2.43. The summed E-state index contributed by atoms with van der Waals surface area (Å²) in [6.45, 7) is 4.11. The molecule has 2 N–H and O–H groups in total. The number of rotatable bonds is 2. The van der Waals surface area contributed by atoms with Gasteiger partial charge in [0.25, 0.3) is 0 Å². The SMILES string of the molecule is CCC1CCCC(=O)N1c1ccc(C)c(N)c1. The summed E-state index contributed by atoms with van der Waals surface area (Å²) < 4.78 is 0. The van der Waals surface area contributed by atoms with Gasteiger partial charge in [0.2, 0.25) is 5.91 Å². The van der Waals surface area contributed by atoms with Crippen LogP contribution in [-0.2, 0) is 4.79 Å². The molecule has 0 radical (unpaired) electrons. The van der Waals surface area contributed by atoms with Crippen LogP contribution in [0.1, 0.15) is 38.2 Å². The third-order valence-corrected chi connectivity index (χ3v) is 3.57. The number of nitrogens with two attached hydrogens (primary N) is 1. The molecule has 2 rings (SSSR count). The molecule has 1 heterocycles. The molecule has 1 saturated heterocycles. The molecule has 0 aliphatic carbocycles. The number of anilines is 2. The lowest BCUT2D eigenvalue weighted by atomic mass is 9.98. The number of amides is 1. The Morgan fingerprint density at radius 2 is 2.24 bits per heavy atom. The average molecular weight is 232 g/mol. The predicted octanol–water partition coefficient (Wildman–Crippen LogP) is 2.87. The third kappa shape index (κ3) is 2.28. The van der Waals surface area contributed by atoms with Crippen molar-refractivity contribution in [3.8, 4) is 0 Å². The fraction of sp³-hybridized carbons (Fsp3) is 0.500. The van der Waals surface area contributed by atoms with Crippen molar-refractivity contribution in [2.45, 2.75) is 45.6 Å². The second-order valence-electron chi connectivity index (χ2n) is 4.76. The van der Waals surface area contributed by atoms with E-state index in [4.69, 9.17) is 5.73 Å². The summed E-state index contributed by atoms with van der Waals surface area (Å²) in [4.78, 5) is 14.0. The summed E-state index contributed by atoms with van der Waals surface area (Å²) in [5, 5.41) is 0. The fourth-order valence-electron chi connectivity index (χ4n) is 2.46. The van der Waals surface area contributed by atoms with Gasteiger partial charge in [-0.05, 0) is 43.9 Å². The van der Waals surface area contributed by atoms with Crippen LogP contribution in [0.15, 0.2) is 18.2 Å². The molecule has 0 aromatic heterocycles. The van der Waals surface area contributed by atoms with Gasteiger partial charge >= 0.3 is 0 Å². The minimum Gasteiger partial charge on any atom is -0.398 e. The van der Waals surface area contributed by atoms with Gasteiger partial charge in [-0.15, -0.1) is 0 Å². The molecule has 1 aromatic rings. The standard InChI is InChI=1S/C14H20N2O/c1-3-11-5-4-6-14(17)16(11)12-8-7-10(2)13(15)9-12/h7-9,11H,3-6,15H2,1-2H3. The Morgan fingerprint density at radius 3 is 2.88 bits per heavy atom. The fourth-order valence-corrected chi connectivity index (χ4v) is 2.46. The third-order valence-electron chi connectivity index (χ3n) is 3.57. The van der Waals surface area contributed by atoms with Crippen LogP contribution in [-0.4, -0.2) is 11.9 Å². The minimum absolute atomic E-state index is 0.228. The maximum Gasteiger partial charge on any atom is 0.227 e. The van der Waals surface area contributed by atoms with Crippen molar-refractivity contribution in [2.75, 3.05) is 10.6 Å². The predicted molar refractivity (Wildman–Crippen MR) is 71.0 cm³/mol. The van der Waals surface area contributed by atoms with Gasteiger partial charge in [-0.25, -0.2) is 0 Å². The van der Waals surface area contributed by atoms with E-state index in [1.165, 1.54) is 0 Å². The highest BCUT2D eigenvalue weighted by Gasteiger charge is 2.27. The zero-order valence-electron chi connectivity index (χ0n) is 10.6. The number of hydrogen-bond acceptors (Lipinski definition) is 2. The number of carbonyl (C=O) groups excluding carboxylic acids is 1. The number of aryl methyl sites for hydroxylation is 1. The minimum atomic E-state index is 0.228. The van der Waals surface area contributed by atoms with Crippen LogP contribution >= 0.6 is 0 Å². The summed E-state index contributed by atoms with van der Waals surface area (Å²) >= 11 is 0. The van der Waals surface area contributed by atoms with Gasteiger partial charge in [0.05, 0.1) is 0 Å². The summed E-state index contributed by atoms with van der Waals surface area (Å²) in [7, 11) is 0. The van der Waals surface area contributed by atoms with E-state index < -0.39 is 0 Å². The largest absolute Gasteiger partial charge is 0.398 e. The Labute approximate surface area is 103 Å². The zero-order valence-corrected chi connectivity index (χ0v) is 10.6. The number of carbonyl (C=O) groups is 1. The Kier molecular flexibility index (Phi) is 3.36. The second kappa shape index (κ2) is 4.78. The first kappa shape index (κ1) is 12.0. The molecule has 17 heavy (non-hydrogen) atoms. The van der Waals surface area contributed by atoms with Crippen molar-refractivity contribution in [2.24, 2.45) is 0 Å². The van der Waals surface area contributed by atoms with Gasteiger partial charge in [0.15, 0.2) is 0 Å². The monoisotopic (exact) mass is 232 g/mol. The molecular formula is C14H20N2O. The second-order valence-corrected chi connectivity index (χ2v) is 4.76. The summed E-state index contributed by atoms with van der Waals surface area (Å²) in [5.74, 6) is 0.228. The zero-order chi connectivity index (χ0) is 12.4. The van der Waals surface area contributed by atoms with E-state index in [0.29, 0.717) is 12.5 Å². The molecule has 1 atom stereocenters. The molecule has 0 bridgehead atoms. The first-order chi connectivity index (χ1) is 8.13. The molecule has 1 aromatic carbocycles. The normalized spacial score (nSPS) is 20.7. The lowest BCUT2D eigenvalue weighted by molar-refractivity contribution is -0.120. The van der Waals surface area contributed by atoms with Crippen LogP contribution < -0.4 is 10.6 Å². The van der Waals surface area contributed by atoms with Crippen LogP contribution in [0.5, 0.6) is 0 Å². The number of nitrogen functional groups attached to an aromatic ring is 1. The Hall–Kier alpha value is -1.51. The van der Waals surface area contributed by atoms with E-state index in [-0.39, 0.29) is 5.91 Å². The molecule has 1 amide bonds. The van der Waals surface area contributed by atoms with Gasteiger partial charge in [0.1, 0.15) is 0 Å². The van der Waals surface area contributed by atoms with Crippen LogP contribution in [0, 0.1) is 6.92 Å². The first-order valence-electron chi connectivity index (χ1n) is 6.31. The van der Waals surface area contributed by atoms with Gasteiger partial charge < -0.3 is 10.6 Å². The molecule has 1 aliphatic heterocycles. The summed E-state index contributed by atoms with van der Waals surface area (Å²) in [6.07, 6.45) is 3.76. The van der Waals surface area contributed by atoms with Crippen LogP contribution in [0.3, 0.4) is 0 Å². The molecule has 0 saturated carbocycles. The van der Waals surface area contributed by atoms with Crippen molar-refractivity contribution >= 4 is 17.3 Å². The quantitative estimate of drug-likeness (QED) is 0.797. The summed E-state index contributed by atoms with van der Waals surface area (Å²) in [5.41, 5.74) is 8.69. The van der Waals surface area contributed by atoms with Crippen molar-refractivity contribution < 1.29 is 4.79 Å². The van der Waals surface area contributed by atoms with E-state index in [1.807, 2.05) is 30.0 Å². The van der Waals surface area contributed by atoms with Gasteiger partial charge in [-0.3, -0.25) is 4.79 Å². The van der Waals surface area contributed by atoms with E-state index in [1.54, 1.807) is 0 Å². The lowest BCUT2D eigenvalue weighted by Gasteiger charge is -2.35. The van der Waals surface area contributed by atoms with E-state index in [9.17, 15) is 4.79 Å². The molecule has 1 aliphatic rings. The molecular weight excluding hydrogens is 212 g/mol. The van der Waals surface area contributed by atoms with Crippen molar-refractivity contribution in [3.63, 3.8) is 0 Å². The molecule has 3 nitrogen and oxygen atoms in total. The molecule has 0 spiro atoms. The summed E-state index contributed by atoms with van der Waals surface area (Å²) in [6, 6.07) is 6.23. The van der Waals surface area contributed by atoms with Crippen LogP contribution in [0.25, 0.3) is 0 Å². The van der Waals surface area contributed by atoms with Gasteiger partial charge in [-0.1, -0.05) is 13.0 Å². The number of benzene rings is 1. The molecule has 1 fully saturated rings. The van der Waals surface area contributed by atoms with E-state index in [0.717, 1.165) is 36.2 Å². The number of nitrogens with zero attached hydrogens (tertiary/aromatic N) is 1. The number of hydrogen-bond donors (Lipinski definition) is 1. The highest BCUT2D eigenvalue weighted by atomic mass is 16.2. The smallest absolute Gasteiger partial charge is 0.227 e. The van der Waals surface area contributed by atoms with Gasteiger partial charge in [0, 0.05) is 23.8 Å². The van der Waals surface area contributed by atoms with Crippen molar-refractivity contribution in [3.05, 3.63) is 23.8 Å². The van der Waals surface area contributed by atoms with Crippen LogP contribution in [0.4, 0.5) is 11.4 Å². The van der Waals surface area contributed by atoms with Crippen LogP contribution in [0.2, 0.25) is 0 Å². The van der Waals surface area contributed by atoms with Gasteiger partial charge in [-0.2, -0.15) is 0 Å². The average Bonchev–Trinajstić information content (AvgIpc) is 2.32. The topological polar surface area (TPSA) is 46.3 Å². The molecule has 3 heteroatoms. The van der Waals surface area contributed by atoms with E-state index >= 15 is 0 Å². The molecule has 92 valence electrons. The maximum absolute atomic E-state index is 12.0. The first-order valence-corrected chi connectivity index (χ1v) is 6.31.